The molecule has 0 fully saturated rings. The van der Waals surface area contributed by atoms with Gasteiger partial charge in [0.05, 0.1) is 19.8 Å². The van der Waals surface area contributed by atoms with Gasteiger partial charge in [0.2, 0.25) is 5.76 Å². The predicted octanol–water partition coefficient (Wildman–Crippen LogP) is 0.771. The fraction of sp³-hybridized carbons (Fsp3) is 0.444. The number of hydrogen-bond donors (Lipinski definition) is 2. The zero-order valence-electron chi connectivity index (χ0n) is 8.98. The van der Waals surface area contributed by atoms with Crippen LogP contribution in [-0.4, -0.2) is 35.9 Å². The van der Waals surface area contributed by atoms with Crippen LogP contribution in [0.5, 0.6) is 0 Å². The van der Waals surface area contributed by atoms with Crippen molar-refractivity contribution in [2.75, 3.05) is 13.7 Å². The fourth-order valence-electron chi connectivity index (χ4n) is 1.13. The molecule has 1 aromatic heterocycles. The topological polar surface area (TPSA) is 129 Å². The van der Waals surface area contributed by atoms with E-state index in [1.165, 1.54) is 19.2 Å². The molecule has 17 heavy (non-hydrogen) atoms. The molecule has 1 rings (SSSR count). The molecule has 8 nitrogen and oxygen atoms in total. The van der Waals surface area contributed by atoms with E-state index in [-0.39, 0.29) is 18.1 Å². The van der Waals surface area contributed by atoms with Gasteiger partial charge in [0.25, 0.3) is 0 Å². The van der Waals surface area contributed by atoms with E-state index in [9.17, 15) is 15.0 Å². The Bertz CT molecular complexity index is 438. The minimum absolute atomic E-state index is 0.00830. The van der Waals surface area contributed by atoms with Crippen molar-refractivity contribution in [1.29, 1.82) is 0 Å². The highest BCUT2D eigenvalue weighted by Gasteiger charge is 2.22. The Morgan fingerprint density at radius 1 is 1.65 bits per heavy atom. The predicted molar refractivity (Wildman–Crippen MR) is 55.0 cm³/mol. The molecule has 2 atom stereocenters. The van der Waals surface area contributed by atoms with Crippen LogP contribution in [0.1, 0.15) is 22.4 Å². The Hall–Kier alpha value is -2.02. The van der Waals surface area contributed by atoms with Crippen molar-refractivity contribution in [3.63, 3.8) is 0 Å². The summed E-state index contributed by atoms with van der Waals surface area (Å²) in [6.45, 7) is -0.300. The first-order valence-electron chi connectivity index (χ1n) is 4.65. The largest absolute Gasteiger partial charge is 0.463 e. The summed E-state index contributed by atoms with van der Waals surface area (Å²) in [5.74, 6) is -0.781. The SMILES string of the molecule is COC(=O)c1ccc(C(O)C(O)CN=[N+]=[N-])o1. The molecule has 0 spiro atoms. The van der Waals surface area contributed by atoms with Gasteiger partial charge in [-0.25, -0.2) is 4.79 Å². The number of hydrogen-bond acceptors (Lipinski definition) is 6. The van der Waals surface area contributed by atoms with Crippen molar-refractivity contribution in [2.24, 2.45) is 5.11 Å². The van der Waals surface area contributed by atoms with E-state index in [4.69, 9.17) is 9.95 Å². The summed E-state index contributed by atoms with van der Waals surface area (Å²) in [6.07, 6.45) is -2.68. The van der Waals surface area contributed by atoms with E-state index in [0.717, 1.165) is 0 Å². The number of methoxy groups -OCH3 is 1. The minimum Gasteiger partial charge on any atom is -0.463 e. The number of aliphatic hydroxyl groups is 2. The third kappa shape index (κ3) is 3.22. The molecule has 1 aromatic rings. The summed E-state index contributed by atoms with van der Waals surface area (Å²) in [5, 5.41) is 22.1. The zero-order chi connectivity index (χ0) is 12.8. The van der Waals surface area contributed by atoms with Crippen LogP contribution in [0.15, 0.2) is 21.7 Å². The Morgan fingerprint density at radius 3 is 2.94 bits per heavy atom. The fourth-order valence-corrected chi connectivity index (χ4v) is 1.13. The van der Waals surface area contributed by atoms with Crippen molar-refractivity contribution in [3.8, 4) is 0 Å². The molecule has 8 heteroatoms. The second-order valence-electron chi connectivity index (χ2n) is 3.12. The van der Waals surface area contributed by atoms with Gasteiger partial charge in [-0.15, -0.1) is 0 Å². The highest BCUT2D eigenvalue weighted by Crippen LogP contribution is 2.20. The number of nitrogens with zero attached hydrogens (tertiary/aromatic N) is 3. The lowest BCUT2D eigenvalue weighted by Crippen LogP contribution is -2.20. The molecule has 0 aliphatic rings. The van der Waals surface area contributed by atoms with E-state index in [1.54, 1.807) is 0 Å². The zero-order valence-corrected chi connectivity index (χ0v) is 8.98. The van der Waals surface area contributed by atoms with Crippen molar-refractivity contribution in [3.05, 3.63) is 34.1 Å². The third-order valence-electron chi connectivity index (χ3n) is 2.00. The molecule has 1 heterocycles. The number of furan rings is 1. The van der Waals surface area contributed by atoms with Crippen LogP contribution in [0.3, 0.4) is 0 Å². The second-order valence-corrected chi connectivity index (χ2v) is 3.12. The summed E-state index contributed by atoms with van der Waals surface area (Å²) in [4.78, 5) is 13.5. The number of ether oxygens (including phenoxy) is 1. The van der Waals surface area contributed by atoms with E-state index >= 15 is 0 Å². The van der Waals surface area contributed by atoms with Crippen LogP contribution in [0, 0.1) is 0 Å². The molecule has 92 valence electrons. The first-order chi connectivity index (χ1) is 8.10. The lowest BCUT2D eigenvalue weighted by atomic mass is 10.1. The molecule has 0 radical (unpaired) electrons. The van der Waals surface area contributed by atoms with Crippen molar-refractivity contribution in [2.45, 2.75) is 12.2 Å². The summed E-state index contributed by atoms with van der Waals surface area (Å²) in [5.41, 5.74) is 8.06. The van der Waals surface area contributed by atoms with Crippen molar-refractivity contribution in [1.82, 2.24) is 0 Å². The molecule has 0 aliphatic carbocycles. The summed E-state index contributed by atoms with van der Waals surface area (Å²) >= 11 is 0. The average molecular weight is 241 g/mol. The molecule has 0 amide bonds. The Balaban J connectivity index is 2.75. The maximum Gasteiger partial charge on any atom is 0.373 e. The highest BCUT2D eigenvalue weighted by molar-refractivity contribution is 5.86. The van der Waals surface area contributed by atoms with Crippen LogP contribution < -0.4 is 0 Å². The van der Waals surface area contributed by atoms with E-state index in [0.29, 0.717) is 0 Å². The van der Waals surface area contributed by atoms with Crippen LogP contribution >= 0.6 is 0 Å². The minimum atomic E-state index is -1.38. The first kappa shape index (κ1) is 13.0. The van der Waals surface area contributed by atoms with Crippen molar-refractivity contribution >= 4 is 5.97 Å². The van der Waals surface area contributed by atoms with Gasteiger partial charge in [-0.1, -0.05) is 5.11 Å². The molecular weight excluding hydrogens is 230 g/mol. The van der Waals surface area contributed by atoms with Gasteiger partial charge in [-0.05, 0) is 17.7 Å². The number of esters is 1. The normalized spacial score (nSPS) is 13.6. The number of carbonyl (C=O) groups is 1. The van der Waals surface area contributed by atoms with Gasteiger partial charge in [0.1, 0.15) is 11.9 Å². The van der Waals surface area contributed by atoms with Crippen LogP contribution in [0.4, 0.5) is 0 Å². The van der Waals surface area contributed by atoms with E-state index in [1.807, 2.05) is 0 Å². The Morgan fingerprint density at radius 2 is 2.35 bits per heavy atom. The highest BCUT2D eigenvalue weighted by atomic mass is 16.5. The molecule has 2 N–H and O–H groups in total. The molecule has 0 saturated heterocycles. The summed E-state index contributed by atoms with van der Waals surface area (Å²) in [6, 6.07) is 2.64. The third-order valence-corrected chi connectivity index (χ3v) is 2.00. The van der Waals surface area contributed by atoms with Gasteiger partial charge in [0, 0.05) is 4.91 Å². The van der Waals surface area contributed by atoms with Gasteiger partial charge in [-0.2, -0.15) is 0 Å². The maximum absolute atomic E-state index is 11.1. The number of carbonyl (C=O) groups excluding carboxylic acids is 1. The molecule has 0 aliphatic heterocycles. The molecule has 0 saturated carbocycles. The lowest BCUT2D eigenvalue weighted by Gasteiger charge is -2.12. The van der Waals surface area contributed by atoms with Crippen molar-refractivity contribution < 1.29 is 24.2 Å². The summed E-state index contributed by atoms with van der Waals surface area (Å²) < 4.78 is 9.39. The molecule has 2 unspecified atom stereocenters. The van der Waals surface area contributed by atoms with Crippen LogP contribution in [0.25, 0.3) is 10.4 Å². The number of azide groups is 1. The van der Waals surface area contributed by atoms with E-state index < -0.39 is 18.2 Å². The summed E-state index contributed by atoms with van der Waals surface area (Å²) in [7, 11) is 1.19. The Kier molecular flexibility index (Phi) is 4.53. The monoisotopic (exact) mass is 241 g/mol. The van der Waals surface area contributed by atoms with Crippen LogP contribution in [0.2, 0.25) is 0 Å². The number of rotatable bonds is 5. The van der Waals surface area contributed by atoms with Gasteiger partial charge in [0.15, 0.2) is 0 Å². The van der Waals surface area contributed by atoms with Gasteiger partial charge < -0.3 is 19.4 Å². The molecule has 0 bridgehead atoms. The lowest BCUT2D eigenvalue weighted by molar-refractivity contribution is 0.00982. The Labute approximate surface area is 96.0 Å². The van der Waals surface area contributed by atoms with Gasteiger partial charge >= 0.3 is 5.97 Å². The first-order valence-corrected chi connectivity index (χ1v) is 4.65. The van der Waals surface area contributed by atoms with Gasteiger partial charge in [-0.3, -0.25) is 0 Å². The number of aliphatic hydroxyl groups excluding tert-OH is 2. The average Bonchev–Trinajstić information content (AvgIpc) is 2.83. The second kappa shape index (κ2) is 5.90. The van der Waals surface area contributed by atoms with Crippen LogP contribution in [-0.2, 0) is 4.74 Å². The maximum atomic E-state index is 11.1. The smallest absolute Gasteiger partial charge is 0.373 e. The molecule has 0 aromatic carbocycles. The van der Waals surface area contributed by atoms with E-state index in [2.05, 4.69) is 14.8 Å². The standard InChI is InChI=1S/C9H11N3O5/c1-16-9(15)7-3-2-6(17-7)8(14)5(13)4-11-12-10/h2-3,5,8,13-14H,4H2,1H3. The quantitative estimate of drug-likeness (QED) is 0.340. The molecular formula is C9H11N3O5.